The van der Waals surface area contributed by atoms with E-state index in [4.69, 9.17) is 15.2 Å². The number of para-hydroxylation sites is 1. The van der Waals surface area contributed by atoms with Gasteiger partial charge in [0, 0.05) is 24.5 Å². The highest BCUT2D eigenvalue weighted by Crippen LogP contribution is 2.36. The zero-order valence-corrected chi connectivity index (χ0v) is 26.2. The van der Waals surface area contributed by atoms with E-state index in [1.807, 2.05) is 26.0 Å². The molecule has 5 rings (SSSR count). The first-order valence-corrected chi connectivity index (χ1v) is 15.9. The number of Topliss-reactive ketones (excluding diaryl/α,β-unsaturated/α-hetero) is 1. The maximum atomic E-state index is 14.0. The van der Waals surface area contributed by atoms with E-state index in [2.05, 4.69) is 36.3 Å². The number of ketones is 1. The van der Waals surface area contributed by atoms with E-state index in [9.17, 15) is 9.18 Å². The second-order valence-corrected chi connectivity index (χ2v) is 12.2. The highest BCUT2D eigenvalue weighted by Gasteiger charge is 2.30. The number of aryl methyl sites for hydroxylation is 2. The lowest BCUT2D eigenvalue weighted by Gasteiger charge is -2.20. The van der Waals surface area contributed by atoms with Gasteiger partial charge in [-0.05, 0) is 111 Å². The number of nitrogens with one attached hydrogen (secondary N) is 1. The summed E-state index contributed by atoms with van der Waals surface area (Å²) in [4.78, 5) is 18.2. The number of halogens is 1. The predicted molar refractivity (Wildman–Crippen MR) is 175 cm³/mol. The summed E-state index contributed by atoms with van der Waals surface area (Å²) in [6.07, 6.45) is 10.5. The number of benzene rings is 3. The molecule has 1 heterocycles. The number of nitrogens with zero attached hydrogens (tertiary/aromatic N) is 1. The van der Waals surface area contributed by atoms with Crippen LogP contribution in [0.25, 0.3) is 0 Å². The van der Waals surface area contributed by atoms with E-state index in [-0.39, 0.29) is 23.7 Å². The fourth-order valence-corrected chi connectivity index (χ4v) is 6.22. The van der Waals surface area contributed by atoms with Crippen molar-refractivity contribution in [2.75, 3.05) is 5.32 Å². The molecule has 6 nitrogen and oxygen atoms in total. The number of carbonyl (C=O) groups excluding carboxylic acids is 1. The van der Waals surface area contributed by atoms with Crippen LogP contribution >= 0.6 is 0 Å². The number of anilines is 1. The van der Waals surface area contributed by atoms with Crippen molar-refractivity contribution >= 4 is 17.7 Å². The fraction of sp³-hybridized carbons (Fsp3) is 0.405. The summed E-state index contributed by atoms with van der Waals surface area (Å²) in [6, 6.07) is 15.5. The normalized spacial score (nSPS) is 20.9. The van der Waals surface area contributed by atoms with E-state index in [0.29, 0.717) is 17.7 Å². The fourth-order valence-electron chi connectivity index (χ4n) is 6.22. The number of fused-ring (bicyclic) bond motifs is 1. The van der Waals surface area contributed by atoms with Crippen LogP contribution in [0.2, 0.25) is 0 Å². The molecule has 0 amide bonds. The van der Waals surface area contributed by atoms with E-state index in [0.717, 1.165) is 58.9 Å². The zero-order valence-electron chi connectivity index (χ0n) is 26.2. The highest BCUT2D eigenvalue weighted by atomic mass is 19.1. The molecule has 0 saturated heterocycles. The Morgan fingerprint density at radius 1 is 1.11 bits per heavy atom. The Morgan fingerprint density at radius 3 is 2.68 bits per heavy atom. The van der Waals surface area contributed by atoms with Gasteiger partial charge < -0.3 is 20.5 Å². The van der Waals surface area contributed by atoms with E-state index in [1.165, 1.54) is 31.5 Å². The van der Waals surface area contributed by atoms with E-state index in [1.54, 1.807) is 30.5 Å². The third-order valence-electron chi connectivity index (χ3n) is 8.89. The average molecular weight is 598 g/mol. The first kappa shape index (κ1) is 31.3. The third-order valence-corrected chi connectivity index (χ3v) is 8.89. The van der Waals surface area contributed by atoms with Crippen molar-refractivity contribution in [2.45, 2.75) is 90.8 Å². The molecular weight excluding hydrogens is 553 g/mol. The first-order chi connectivity index (χ1) is 21.2. The summed E-state index contributed by atoms with van der Waals surface area (Å²) >= 11 is 0. The minimum absolute atomic E-state index is 0.0942. The molecule has 1 aliphatic heterocycles. The maximum Gasteiger partial charge on any atom is 0.188 e. The molecule has 4 unspecified atom stereocenters. The van der Waals surface area contributed by atoms with Gasteiger partial charge in [-0.15, -0.1) is 0 Å². The molecule has 0 spiro atoms. The van der Waals surface area contributed by atoms with Gasteiger partial charge in [-0.3, -0.25) is 9.79 Å². The Labute approximate surface area is 260 Å². The lowest BCUT2D eigenvalue weighted by Crippen LogP contribution is -2.29. The molecule has 3 aromatic rings. The van der Waals surface area contributed by atoms with Gasteiger partial charge in [0.2, 0.25) is 0 Å². The molecular formula is C37H44FN3O3. The van der Waals surface area contributed by atoms with E-state index >= 15 is 0 Å². The van der Waals surface area contributed by atoms with Gasteiger partial charge >= 0.3 is 0 Å². The monoisotopic (exact) mass is 597 g/mol. The molecule has 4 atom stereocenters. The number of aliphatic imine (C=N–C) groups is 1. The quantitative estimate of drug-likeness (QED) is 0.139. The van der Waals surface area contributed by atoms with Crippen LogP contribution in [0.3, 0.4) is 0 Å². The maximum absolute atomic E-state index is 14.0. The minimum Gasteiger partial charge on any atom is -0.490 e. The summed E-state index contributed by atoms with van der Waals surface area (Å²) < 4.78 is 26.3. The predicted octanol–water partition coefficient (Wildman–Crippen LogP) is 8.42. The Kier molecular flexibility index (Phi) is 10.0. The van der Waals surface area contributed by atoms with Crippen LogP contribution in [-0.4, -0.2) is 24.1 Å². The van der Waals surface area contributed by atoms with Crippen molar-refractivity contribution in [3.05, 3.63) is 94.4 Å². The summed E-state index contributed by atoms with van der Waals surface area (Å²) in [5.74, 6) is 1.92. The van der Waals surface area contributed by atoms with Crippen molar-refractivity contribution in [2.24, 2.45) is 16.6 Å². The molecule has 1 saturated carbocycles. The Morgan fingerprint density at radius 2 is 1.93 bits per heavy atom. The Bertz CT molecular complexity index is 1550. The van der Waals surface area contributed by atoms with Crippen LogP contribution in [0, 0.1) is 18.7 Å². The first-order valence-electron chi connectivity index (χ1n) is 15.9. The lowest BCUT2D eigenvalue weighted by atomic mass is 10.00. The molecule has 0 radical (unpaired) electrons. The van der Waals surface area contributed by atoms with Crippen molar-refractivity contribution < 1.29 is 18.7 Å². The van der Waals surface area contributed by atoms with Crippen LogP contribution in [0.4, 0.5) is 10.1 Å². The van der Waals surface area contributed by atoms with Gasteiger partial charge in [0.25, 0.3) is 0 Å². The van der Waals surface area contributed by atoms with Gasteiger partial charge in [0.05, 0.1) is 23.8 Å². The summed E-state index contributed by atoms with van der Waals surface area (Å²) in [6.45, 7) is 8.39. The smallest absolute Gasteiger partial charge is 0.188 e. The molecule has 3 N–H and O–H groups in total. The molecule has 2 aliphatic rings. The average Bonchev–Trinajstić information content (AvgIpc) is 3.32. The minimum atomic E-state index is -0.420. The molecule has 1 aliphatic carbocycles. The summed E-state index contributed by atoms with van der Waals surface area (Å²) in [5, 5.41) is 3.43. The molecule has 1 fully saturated rings. The van der Waals surface area contributed by atoms with E-state index < -0.39 is 11.9 Å². The van der Waals surface area contributed by atoms with Gasteiger partial charge in [0.1, 0.15) is 11.5 Å². The van der Waals surface area contributed by atoms with Crippen molar-refractivity contribution in [3.63, 3.8) is 0 Å². The van der Waals surface area contributed by atoms with Crippen LogP contribution in [0.1, 0.15) is 81.2 Å². The van der Waals surface area contributed by atoms with Gasteiger partial charge in [-0.2, -0.15) is 0 Å². The Hall–Kier alpha value is -4.13. The summed E-state index contributed by atoms with van der Waals surface area (Å²) in [5.41, 5.74) is 11.4. The number of carbonyl (C=O) groups is 1. The van der Waals surface area contributed by atoms with Crippen molar-refractivity contribution in [1.82, 2.24) is 0 Å². The van der Waals surface area contributed by atoms with Crippen LogP contribution in [0.5, 0.6) is 17.2 Å². The highest BCUT2D eigenvalue weighted by molar-refractivity contribution is 6.16. The lowest BCUT2D eigenvalue weighted by molar-refractivity contribution is -0.115. The van der Waals surface area contributed by atoms with Crippen molar-refractivity contribution in [3.8, 4) is 17.2 Å². The number of hydrogen-bond donors (Lipinski definition) is 2. The molecule has 3 aromatic carbocycles. The second kappa shape index (κ2) is 14.1. The number of nitrogens with two attached hydrogens (primary N) is 1. The standard InChI is InChI=1S/C37H44FN3O3/c1-5-26-18-33-27(20-36(26)43-29-10-8-9-23(2)13-14-29)19-34(41-33)37(42)28(21-39)22-40-25(4)31-16-15-30(17-24(31)3)44-35-12-7-6-11-32(35)38/h6-7,11-12,15-18,20-23,25,29,34,41H,5,8-10,13-14,19,39H2,1-4H3/b28-21-,40-22?. The largest absolute Gasteiger partial charge is 0.490 e. The second-order valence-electron chi connectivity index (χ2n) is 12.2. The number of ether oxygens (including phenoxy) is 2. The molecule has 232 valence electrons. The zero-order chi connectivity index (χ0) is 31.2. The SMILES string of the molecule is CCc1cc2c(cc1OC1CCCC(C)CC1)CC(C(=O)/C(C=NC(C)c1ccc(Oc3ccccc3F)cc1C)=C\N)N2. The van der Waals surface area contributed by atoms with Crippen LogP contribution < -0.4 is 20.5 Å². The molecule has 0 aromatic heterocycles. The van der Waals surface area contributed by atoms with Crippen LogP contribution in [0.15, 0.2) is 71.4 Å². The van der Waals surface area contributed by atoms with Crippen molar-refractivity contribution in [1.29, 1.82) is 0 Å². The van der Waals surface area contributed by atoms with Crippen LogP contribution in [-0.2, 0) is 17.6 Å². The van der Waals surface area contributed by atoms with Gasteiger partial charge in [-0.25, -0.2) is 4.39 Å². The van der Waals surface area contributed by atoms with Gasteiger partial charge in [-0.1, -0.05) is 38.5 Å². The number of rotatable bonds is 10. The Balaban J connectivity index is 1.23. The molecule has 0 bridgehead atoms. The molecule has 7 heteroatoms. The molecule has 44 heavy (non-hydrogen) atoms. The third kappa shape index (κ3) is 7.32. The van der Waals surface area contributed by atoms with Gasteiger partial charge in [0.15, 0.2) is 17.3 Å². The topological polar surface area (TPSA) is 85.9 Å². The number of hydrogen-bond acceptors (Lipinski definition) is 6. The summed E-state index contributed by atoms with van der Waals surface area (Å²) in [7, 11) is 0.